The highest BCUT2D eigenvalue weighted by Crippen LogP contribution is 2.33. The van der Waals surface area contributed by atoms with Gasteiger partial charge in [0, 0.05) is 6.54 Å². The molecule has 3 aromatic rings. The zero-order chi connectivity index (χ0) is 21.1. The molecule has 5 heteroatoms. The third-order valence-electron chi connectivity index (χ3n) is 5.29. The summed E-state index contributed by atoms with van der Waals surface area (Å²) in [5.41, 5.74) is 6.86. The van der Waals surface area contributed by atoms with Crippen molar-refractivity contribution in [3.63, 3.8) is 0 Å². The number of rotatable bonds is 7. The van der Waals surface area contributed by atoms with Gasteiger partial charge in [0.15, 0.2) is 5.13 Å². The van der Waals surface area contributed by atoms with E-state index in [9.17, 15) is 4.79 Å². The molecule has 1 amide bonds. The van der Waals surface area contributed by atoms with Gasteiger partial charge in [-0.2, -0.15) is 0 Å². The van der Waals surface area contributed by atoms with Gasteiger partial charge in [0.25, 0.3) is 0 Å². The molecule has 0 atom stereocenters. The molecule has 1 aromatic heterocycles. The fraction of sp³-hybridized carbons (Fsp3) is 0.417. The third kappa shape index (κ3) is 5.03. The van der Waals surface area contributed by atoms with Crippen LogP contribution >= 0.6 is 11.3 Å². The average molecular weight is 410 g/mol. The van der Waals surface area contributed by atoms with Crippen LogP contribution < -0.4 is 4.90 Å². The van der Waals surface area contributed by atoms with E-state index in [-0.39, 0.29) is 5.91 Å². The van der Waals surface area contributed by atoms with Crippen molar-refractivity contribution in [2.45, 2.75) is 40.5 Å². The van der Waals surface area contributed by atoms with Crippen molar-refractivity contribution in [1.82, 2.24) is 9.88 Å². The van der Waals surface area contributed by atoms with Crippen LogP contribution in [0.1, 0.15) is 34.2 Å². The second-order valence-corrected chi connectivity index (χ2v) is 9.16. The summed E-state index contributed by atoms with van der Waals surface area (Å²) in [6.45, 7) is 9.97. The summed E-state index contributed by atoms with van der Waals surface area (Å²) in [6, 6.07) is 10.5. The summed E-state index contributed by atoms with van der Waals surface area (Å²) in [5.74, 6) is 0.116. The van der Waals surface area contributed by atoms with Crippen LogP contribution in [0.4, 0.5) is 5.13 Å². The Morgan fingerprint density at radius 2 is 1.69 bits per heavy atom. The van der Waals surface area contributed by atoms with Crippen LogP contribution in [0, 0.1) is 27.7 Å². The highest BCUT2D eigenvalue weighted by molar-refractivity contribution is 7.22. The number of anilines is 1. The van der Waals surface area contributed by atoms with E-state index in [2.05, 4.69) is 77.0 Å². The summed E-state index contributed by atoms with van der Waals surface area (Å²) in [5, 5.41) is 0.811. The van der Waals surface area contributed by atoms with E-state index in [1.807, 2.05) is 4.90 Å². The maximum Gasteiger partial charge on any atom is 0.233 e. The van der Waals surface area contributed by atoms with E-state index in [0.29, 0.717) is 13.0 Å². The fourth-order valence-corrected chi connectivity index (χ4v) is 4.69. The lowest BCUT2D eigenvalue weighted by molar-refractivity contribution is -0.118. The Balaban J connectivity index is 1.92. The number of aromatic nitrogens is 1. The highest BCUT2D eigenvalue weighted by atomic mass is 32.1. The molecule has 0 bridgehead atoms. The first-order valence-corrected chi connectivity index (χ1v) is 11.0. The predicted molar refractivity (Wildman–Crippen MR) is 124 cm³/mol. The minimum Gasteiger partial charge on any atom is -0.309 e. The molecule has 0 aliphatic rings. The van der Waals surface area contributed by atoms with E-state index in [1.165, 1.54) is 21.4 Å². The lowest BCUT2D eigenvalue weighted by atomic mass is 10.0. The molecule has 0 saturated carbocycles. The van der Waals surface area contributed by atoms with Gasteiger partial charge in [-0.25, -0.2) is 4.98 Å². The summed E-state index contributed by atoms with van der Waals surface area (Å²) >= 11 is 1.63. The Morgan fingerprint density at radius 3 is 2.34 bits per heavy atom. The van der Waals surface area contributed by atoms with Gasteiger partial charge < -0.3 is 4.90 Å². The van der Waals surface area contributed by atoms with Crippen molar-refractivity contribution in [2.24, 2.45) is 0 Å². The van der Waals surface area contributed by atoms with Crippen molar-refractivity contribution in [2.75, 3.05) is 32.1 Å². The molecular weight excluding hydrogens is 378 g/mol. The zero-order valence-electron chi connectivity index (χ0n) is 18.4. The van der Waals surface area contributed by atoms with Gasteiger partial charge in [-0.1, -0.05) is 47.2 Å². The van der Waals surface area contributed by atoms with Crippen LogP contribution in [0.2, 0.25) is 0 Å². The van der Waals surface area contributed by atoms with Crippen LogP contribution in [0.3, 0.4) is 0 Å². The number of carbonyl (C=O) groups is 1. The molecule has 0 aliphatic carbocycles. The first kappa shape index (κ1) is 21.5. The number of amides is 1. The van der Waals surface area contributed by atoms with Crippen molar-refractivity contribution < 1.29 is 4.79 Å². The lowest BCUT2D eigenvalue weighted by Gasteiger charge is -2.21. The molecule has 0 fully saturated rings. The van der Waals surface area contributed by atoms with Crippen molar-refractivity contribution >= 4 is 32.6 Å². The van der Waals surface area contributed by atoms with Gasteiger partial charge in [0.1, 0.15) is 0 Å². The molecule has 4 nitrogen and oxygen atoms in total. The number of carbonyl (C=O) groups excluding carboxylic acids is 1. The van der Waals surface area contributed by atoms with Gasteiger partial charge in [-0.3, -0.25) is 9.69 Å². The van der Waals surface area contributed by atoms with E-state index in [0.717, 1.165) is 34.7 Å². The summed E-state index contributed by atoms with van der Waals surface area (Å²) < 4.78 is 1.18. The monoisotopic (exact) mass is 409 g/mol. The molecule has 0 spiro atoms. The molecule has 0 unspecified atom stereocenters. The van der Waals surface area contributed by atoms with Gasteiger partial charge in [-0.05, 0) is 77.0 Å². The minimum atomic E-state index is 0.116. The predicted octanol–water partition coefficient (Wildman–Crippen LogP) is 5.06. The Bertz CT molecular complexity index is 983. The molecule has 2 aromatic carbocycles. The van der Waals surface area contributed by atoms with E-state index < -0.39 is 0 Å². The van der Waals surface area contributed by atoms with Gasteiger partial charge in [0.2, 0.25) is 5.91 Å². The van der Waals surface area contributed by atoms with Crippen LogP contribution in [0.5, 0.6) is 0 Å². The van der Waals surface area contributed by atoms with Crippen molar-refractivity contribution in [3.8, 4) is 0 Å². The van der Waals surface area contributed by atoms with Crippen LogP contribution in [-0.2, 0) is 11.2 Å². The van der Waals surface area contributed by atoms with Gasteiger partial charge in [0.05, 0.1) is 16.6 Å². The van der Waals surface area contributed by atoms with Crippen molar-refractivity contribution in [1.29, 1.82) is 0 Å². The lowest BCUT2D eigenvalue weighted by Crippen LogP contribution is -2.34. The number of hydrogen-bond acceptors (Lipinski definition) is 4. The molecule has 29 heavy (non-hydrogen) atoms. The van der Waals surface area contributed by atoms with E-state index in [4.69, 9.17) is 4.98 Å². The van der Waals surface area contributed by atoms with Gasteiger partial charge >= 0.3 is 0 Å². The minimum absolute atomic E-state index is 0.116. The molecule has 0 aliphatic heterocycles. The number of thiazole rings is 1. The van der Waals surface area contributed by atoms with Gasteiger partial charge in [-0.15, -0.1) is 0 Å². The molecule has 0 radical (unpaired) electrons. The first-order chi connectivity index (χ1) is 13.8. The molecular formula is C24H31N3OS. The van der Waals surface area contributed by atoms with Crippen molar-refractivity contribution in [3.05, 3.63) is 58.1 Å². The summed E-state index contributed by atoms with van der Waals surface area (Å²) in [7, 11) is 4.12. The standard InChI is InChI=1S/C24H31N3OS/c1-16-8-11-20(19(4)14-16)15-21(28)27(13-7-12-26(5)6)24-25-22-17(2)9-10-18(3)23(22)29-24/h8-11,14H,7,12-13,15H2,1-6H3. The third-order valence-corrected chi connectivity index (χ3v) is 6.50. The summed E-state index contributed by atoms with van der Waals surface area (Å²) in [4.78, 5) is 22.3. The SMILES string of the molecule is Cc1ccc(CC(=O)N(CCCN(C)C)c2nc3c(C)ccc(C)c3s2)c(C)c1. The van der Waals surface area contributed by atoms with Crippen LogP contribution in [-0.4, -0.2) is 43.0 Å². The Hall–Kier alpha value is -2.24. The number of aryl methyl sites for hydroxylation is 4. The maximum atomic E-state index is 13.4. The summed E-state index contributed by atoms with van der Waals surface area (Å²) in [6.07, 6.45) is 1.32. The second-order valence-electron chi connectivity index (χ2n) is 8.18. The van der Waals surface area contributed by atoms with E-state index in [1.54, 1.807) is 11.3 Å². The molecule has 0 saturated heterocycles. The highest BCUT2D eigenvalue weighted by Gasteiger charge is 2.21. The Morgan fingerprint density at radius 1 is 0.966 bits per heavy atom. The quantitative estimate of drug-likeness (QED) is 0.547. The zero-order valence-corrected chi connectivity index (χ0v) is 19.2. The smallest absolute Gasteiger partial charge is 0.233 e. The normalized spacial score (nSPS) is 11.4. The Kier molecular flexibility index (Phi) is 6.70. The fourth-order valence-electron chi connectivity index (χ4n) is 3.54. The molecule has 154 valence electrons. The number of fused-ring (bicyclic) bond motifs is 1. The topological polar surface area (TPSA) is 36.4 Å². The number of hydrogen-bond donors (Lipinski definition) is 0. The number of benzene rings is 2. The maximum absolute atomic E-state index is 13.4. The molecule has 1 heterocycles. The molecule has 0 N–H and O–H groups in total. The Labute approximate surface area is 178 Å². The van der Waals surface area contributed by atoms with E-state index >= 15 is 0 Å². The largest absolute Gasteiger partial charge is 0.309 e. The average Bonchev–Trinajstić information content (AvgIpc) is 3.10. The number of nitrogens with zero attached hydrogens (tertiary/aromatic N) is 3. The molecule has 3 rings (SSSR count). The first-order valence-electron chi connectivity index (χ1n) is 10.1. The van der Waals surface area contributed by atoms with Crippen LogP contribution in [0.25, 0.3) is 10.2 Å². The van der Waals surface area contributed by atoms with Crippen LogP contribution in [0.15, 0.2) is 30.3 Å². The second kappa shape index (κ2) is 9.06.